The third-order valence-corrected chi connectivity index (χ3v) is 11.9. The minimum Gasteiger partial charge on any atom is -0.461 e. The number of piperidine rings is 1. The standard InChI is InChI=1S/C34H38ClF2N5O3/c35-25-5-1-4-22-26(25)23-10-20(23)14-44-19-34(43)15-32(16-34)6-2-8-41(17-32)30-24-12-38-28(22)27(37)29(24)39-31(40-30)45-18-33-7-3-9-42(33)13-21(36)11-33/h1,4-5,12,20-21,23,43H,2-3,6-11,13-19H2/t20-,21-,23-,32?,33+,34?/m1/s1. The maximum absolute atomic E-state index is 16.8. The van der Waals surface area contributed by atoms with Crippen molar-refractivity contribution in [3.63, 3.8) is 0 Å². The zero-order valence-corrected chi connectivity index (χ0v) is 26.0. The second-order valence-electron chi connectivity index (χ2n) is 14.8. The summed E-state index contributed by atoms with van der Waals surface area (Å²) in [4.78, 5) is 18.6. The lowest BCUT2D eigenvalue weighted by Gasteiger charge is -2.57. The zero-order chi connectivity index (χ0) is 30.6. The van der Waals surface area contributed by atoms with Gasteiger partial charge in [-0.15, -0.1) is 0 Å². The van der Waals surface area contributed by atoms with Crippen molar-refractivity contribution in [2.45, 2.75) is 74.6 Å². The fourth-order valence-electron chi connectivity index (χ4n) is 9.59. The van der Waals surface area contributed by atoms with E-state index in [9.17, 15) is 9.50 Å². The molecule has 4 atom stereocenters. The Morgan fingerprint density at radius 2 is 2.02 bits per heavy atom. The minimum atomic E-state index is -0.877. The predicted octanol–water partition coefficient (Wildman–Crippen LogP) is 5.68. The number of aliphatic hydroxyl groups is 1. The lowest BCUT2D eigenvalue weighted by Crippen LogP contribution is -2.60. The number of ether oxygens (including phenoxy) is 2. The Bertz CT molecular complexity index is 1690. The van der Waals surface area contributed by atoms with Crippen molar-refractivity contribution in [1.82, 2.24) is 19.9 Å². The van der Waals surface area contributed by atoms with Crippen LogP contribution in [0.1, 0.15) is 62.8 Å². The topological polar surface area (TPSA) is 83.8 Å². The van der Waals surface area contributed by atoms with Gasteiger partial charge in [0.15, 0.2) is 5.82 Å². The van der Waals surface area contributed by atoms with Crippen LogP contribution in [-0.2, 0) is 4.74 Å². The van der Waals surface area contributed by atoms with Gasteiger partial charge in [0.25, 0.3) is 0 Å². The van der Waals surface area contributed by atoms with Crippen LogP contribution in [0.5, 0.6) is 6.01 Å². The summed E-state index contributed by atoms with van der Waals surface area (Å²) in [6, 6.07) is 5.63. The smallest absolute Gasteiger partial charge is 0.319 e. The Morgan fingerprint density at radius 1 is 1.16 bits per heavy atom. The van der Waals surface area contributed by atoms with Crippen LogP contribution in [0, 0.1) is 17.2 Å². The molecule has 1 spiro atoms. The fourth-order valence-corrected chi connectivity index (χ4v) is 9.91. The molecule has 5 fully saturated rings. The number of alkyl halides is 1. The Hall–Kier alpha value is -2.66. The Morgan fingerprint density at radius 3 is 2.91 bits per heavy atom. The molecule has 45 heavy (non-hydrogen) atoms. The van der Waals surface area contributed by atoms with E-state index in [4.69, 9.17) is 31.0 Å². The van der Waals surface area contributed by atoms with E-state index in [1.807, 2.05) is 18.2 Å². The first-order chi connectivity index (χ1) is 21.7. The maximum Gasteiger partial charge on any atom is 0.319 e. The summed E-state index contributed by atoms with van der Waals surface area (Å²) in [5, 5.41) is 12.5. The highest BCUT2D eigenvalue weighted by molar-refractivity contribution is 6.32. The summed E-state index contributed by atoms with van der Waals surface area (Å²) >= 11 is 6.77. The van der Waals surface area contributed by atoms with Crippen molar-refractivity contribution < 1.29 is 23.4 Å². The van der Waals surface area contributed by atoms with E-state index in [0.717, 1.165) is 50.8 Å². The highest BCUT2D eigenvalue weighted by Gasteiger charge is 2.56. The lowest BCUT2D eigenvalue weighted by molar-refractivity contribution is -0.168. The predicted molar refractivity (Wildman–Crippen MR) is 166 cm³/mol. The summed E-state index contributed by atoms with van der Waals surface area (Å²) in [7, 11) is 0. The average Bonchev–Trinajstić information content (AvgIpc) is 3.54. The van der Waals surface area contributed by atoms with E-state index in [0.29, 0.717) is 67.4 Å². The molecule has 1 N–H and O–H groups in total. The van der Waals surface area contributed by atoms with Gasteiger partial charge < -0.3 is 19.5 Å². The van der Waals surface area contributed by atoms with Gasteiger partial charge in [-0.05, 0) is 80.4 Å². The first-order valence-corrected chi connectivity index (χ1v) is 16.8. The Labute approximate surface area is 266 Å². The molecule has 0 unspecified atom stereocenters. The molecular formula is C34H38ClF2N5O3. The van der Waals surface area contributed by atoms with Crippen molar-refractivity contribution in [2.24, 2.45) is 11.3 Å². The molecule has 2 aliphatic carbocycles. The zero-order valence-electron chi connectivity index (χ0n) is 25.3. The molecule has 0 radical (unpaired) electrons. The summed E-state index contributed by atoms with van der Waals surface area (Å²) in [5.41, 5.74) is 0.598. The number of halogens is 3. The number of hydrogen-bond donors (Lipinski definition) is 1. The van der Waals surface area contributed by atoms with Crippen LogP contribution in [0.2, 0.25) is 5.02 Å². The van der Waals surface area contributed by atoms with Crippen LogP contribution in [-0.4, -0.2) is 88.3 Å². The molecule has 7 bridgehead atoms. The monoisotopic (exact) mass is 637 g/mol. The maximum atomic E-state index is 16.8. The molecule has 8 heterocycles. The number of pyridine rings is 1. The van der Waals surface area contributed by atoms with E-state index in [-0.39, 0.29) is 46.6 Å². The number of aromatic nitrogens is 3. The number of rotatable bonds is 3. The largest absolute Gasteiger partial charge is 0.461 e. The van der Waals surface area contributed by atoms with Gasteiger partial charge in [-0.25, -0.2) is 8.78 Å². The van der Waals surface area contributed by atoms with Gasteiger partial charge in [0.05, 0.1) is 29.7 Å². The molecule has 0 amide bonds. The van der Waals surface area contributed by atoms with Crippen LogP contribution >= 0.6 is 11.6 Å². The molecule has 3 saturated heterocycles. The molecule has 1 aromatic carbocycles. The van der Waals surface area contributed by atoms with Gasteiger partial charge >= 0.3 is 6.01 Å². The van der Waals surface area contributed by atoms with Crippen LogP contribution in [0.4, 0.5) is 14.6 Å². The van der Waals surface area contributed by atoms with Crippen LogP contribution in [0.15, 0.2) is 24.4 Å². The molecule has 2 saturated carbocycles. The van der Waals surface area contributed by atoms with Crippen molar-refractivity contribution in [3.8, 4) is 17.3 Å². The quantitative estimate of drug-likeness (QED) is 0.393. The number of fused-ring (bicyclic) bond motifs is 1. The fraction of sp³-hybridized carbons (Fsp3) is 0.618. The lowest BCUT2D eigenvalue weighted by atomic mass is 9.56. The summed E-state index contributed by atoms with van der Waals surface area (Å²) in [6.45, 7) is 3.82. The summed E-state index contributed by atoms with van der Waals surface area (Å²) in [5.74, 6) is 0.423. The van der Waals surface area contributed by atoms with Gasteiger partial charge in [-0.3, -0.25) is 9.88 Å². The minimum absolute atomic E-state index is 0.0658. The molecule has 6 aliphatic heterocycles. The summed E-state index contributed by atoms with van der Waals surface area (Å²) < 4.78 is 43.8. The van der Waals surface area contributed by atoms with Crippen molar-refractivity contribution in [3.05, 3.63) is 40.8 Å². The van der Waals surface area contributed by atoms with E-state index >= 15 is 4.39 Å². The van der Waals surface area contributed by atoms with Gasteiger partial charge in [0.2, 0.25) is 0 Å². The molecule has 3 aromatic rings. The molecule has 8 nitrogen and oxygen atoms in total. The van der Waals surface area contributed by atoms with E-state index in [2.05, 4.69) is 14.8 Å². The third kappa shape index (κ3) is 4.65. The van der Waals surface area contributed by atoms with Crippen LogP contribution in [0.25, 0.3) is 22.2 Å². The molecule has 11 heteroatoms. The van der Waals surface area contributed by atoms with Crippen molar-refractivity contribution in [2.75, 3.05) is 50.9 Å². The molecular weight excluding hydrogens is 600 g/mol. The Kier molecular flexibility index (Phi) is 6.45. The van der Waals surface area contributed by atoms with Gasteiger partial charge in [0, 0.05) is 42.8 Å². The second kappa shape index (κ2) is 10.2. The molecule has 238 valence electrons. The van der Waals surface area contributed by atoms with Crippen molar-refractivity contribution >= 4 is 28.3 Å². The number of anilines is 1. The van der Waals surface area contributed by atoms with Crippen molar-refractivity contribution in [1.29, 1.82) is 0 Å². The van der Waals surface area contributed by atoms with Gasteiger partial charge in [-0.2, -0.15) is 9.97 Å². The number of nitrogens with zero attached hydrogens (tertiary/aromatic N) is 5. The number of hydrogen-bond acceptors (Lipinski definition) is 8. The SMILES string of the molecule is OC12COC[C@H]3C[C@H]3c3c(Cl)cccc3-c3ncc4c(nc(OC[C@@]56CCCN5C[C@H](F)C6)nc4c3F)N3CCCC(C3)(C1)C2. The highest BCUT2D eigenvalue weighted by atomic mass is 35.5. The van der Waals surface area contributed by atoms with Gasteiger partial charge in [0.1, 0.15) is 29.8 Å². The van der Waals surface area contributed by atoms with Crippen LogP contribution < -0.4 is 9.64 Å². The highest BCUT2D eigenvalue weighted by Crippen LogP contribution is 2.56. The first-order valence-electron chi connectivity index (χ1n) is 16.5. The first kappa shape index (κ1) is 28.6. The van der Waals surface area contributed by atoms with Crippen LogP contribution in [0.3, 0.4) is 0 Å². The average molecular weight is 638 g/mol. The molecule has 11 rings (SSSR count). The third-order valence-electron chi connectivity index (χ3n) is 11.5. The molecule has 2 aromatic heterocycles. The van der Waals surface area contributed by atoms with E-state index in [1.165, 1.54) is 0 Å². The second-order valence-corrected chi connectivity index (χ2v) is 15.2. The molecule has 8 aliphatic rings. The van der Waals surface area contributed by atoms with Gasteiger partial charge in [-0.1, -0.05) is 23.7 Å². The number of benzene rings is 1. The normalized spacial score (nSPS) is 35.6. The van der Waals surface area contributed by atoms with E-state index < -0.39 is 17.6 Å². The Balaban J connectivity index is 1.17. The van der Waals surface area contributed by atoms with E-state index in [1.54, 1.807) is 6.20 Å². The summed E-state index contributed by atoms with van der Waals surface area (Å²) in [6.07, 6.45) is 7.23.